The van der Waals surface area contributed by atoms with Crippen molar-refractivity contribution in [2.24, 2.45) is 5.92 Å². The van der Waals surface area contributed by atoms with Gasteiger partial charge in [0.15, 0.2) is 11.6 Å². The van der Waals surface area contributed by atoms with Crippen molar-refractivity contribution in [2.45, 2.75) is 27.2 Å². The molecule has 0 saturated carbocycles. The van der Waals surface area contributed by atoms with Crippen molar-refractivity contribution >= 4 is 0 Å². The fourth-order valence-electron chi connectivity index (χ4n) is 1.65. The summed E-state index contributed by atoms with van der Waals surface area (Å²) in [7, 11) is 0. The van der Waals surface area contributed by atoms with Gasteiger partial charge in [-0.3, -0.25) is 0 Å². The predicted molar refractivity (Wildman–Crippen MR) is 77.2 cm³/mol. The zero-order valence-electron chi connectivity index (χ0n) is 11.8. The molecule has 0 amide bonds. The van der Waals surface area contributed by atoms with Crippen molar-refractivity contribution in [3.8, 4) is 17.1 Å². The van der Waals surface area contributed by atoms with Gasteiger partial charge in [0, 0.05) is 5.56 Å². The number of aromatic nitrogens is 2. The molecule has 2 rings (SSSR count). The highest BCUT2D eigenvalue weighted by Gasteiger charge is 2.02. The molecule has 1 heterocycles. The zero-order chi connectivity index (χ0) is 13.7. The van der Waals surface area contributed by atoms with Crippen molar-refractivity contribution in [1.82, 2.24) is 9.97 Å². The van der Waals surface area contributed by atoms with Gasteiger partial charge < -0.3 is 4.74 Å². The first kappa shape index (κ1) is 13.5. The quantitative estimate of drug-likeness (QED) is 0.814. The minimum atomic E-state index is 0.646. The normalized spacial score (nSPS) is 10.7. The maximum absolute atomic E-state index is 5.60. The smallest absolute Gasteiger partial charge is 0.159 e. The molecule has 0 N–H and O–H groups in total. The Balaban J connectivity index is 2.00. The van der Waals surface area contributed by atoms with E-state index < -0.39 is 0 Å². The zero-order valence-corrected chi connectivity index (χ0v) is 11.8. The fraction of sp³-hybridized carbons (Fsp3) is 0.375. The molecule has 100 valence electrons. The number of hydrogen-bond acceptors (Lipinski definition) is 3. The summed E-state index contributed by atoms with van der Waals surface area (Å²) in [4.78, 5) is 8.68. The maximum Gasteiger partial charge on any atom is 0.159 e. The van der Waals surface area contributed by atoms with Gasteiger partial charge in [0.2, 0.25) is 0 Å². The topological polar surface area (TPSA) is 35.0 Å². The third-order valence-electron chi connectivity index (χ3n) is 2.90. The average Bonchev–Trinajstić information content (AvgIpc) is 2.40. The van der Waals surface area contributed by atoms with E-state index in [1.807, 2.05) is 12.1 Å². The highest BCUT2D eigenvalue weighted by atomic mass is 16.5. The molecular formula is C16H20N2O. The summed E-state index contributed by atoms with van der Waals surface area (Å²) in [6.45, 7) is 7.14. The molecule has 0 spiro atoms. The number of rotatable bonds is 5. The Kier molecular flexibility index (Phi) is 4.50. The molecule has 0 bridgehead atoms. The summed E-state index contributed by atoms with van der Waals surface area (Å²) in [6, 6.07) is 8.19. The van der Waals surface area contributed by atoms with Crippen molar-refractivity contribution in [3.05, 3.63) is 42.2 Å². The van der Waals surface area contributed by atoms with Crippen LogP contribution in [0.15, 0.2) is 36.7 Å². The molecule has 0 fully saturated rings. The molecule has 3 nitrogen and oxygen atoms in total. The van der Waals surface area contributed by atoms with E-state index in [2.05, 4.69) is 42.9 Å². The Labute approximate surface area is 114 Å². The molecule has 1 aromatic heterocycles. The molecule has 0 aliphatic carbocycles. The Bertz CT molecular complexity index is 503. The Morgan fingerprint density at radius 2 is 1.68 bits per heavy atom. The van der Waals surface area contributed by atoms with Crippen LogP contribution in [0, 0.1) is 12.8 Å². The lowest BCUT2D eigenvalue weighted by Crippen LogP contribution is -2.02. The van der Waals surface area contributed by atoms with Crippen LogP contribution in [0.1, 0.15) is 25.8 Å². The first-order valence-corrected chi connectivity index (χ1v) is 6.67. The van der Waals surface area contributed by atoms with Crippen LogP contribution in [0.3, 0.4) is 0 Å². The molecule has 3 heteroatoms. The van der Waals surface area contributed by atoms with Gasteiger partial charge in [-0.15, -0.1) is 0 Å². The van der Waals surface area contributed by atoms with Gasteiger partial charge in [0.1, 0.15) is 0 Å². The maximum atomic E-state index is 5.60. The van der Waals surface area contributed by atoms with Gasteiger partial charge in [-0.25, -0.2) is 9.97 Å². The lowest BCUT2D eigenvalue weighted by atomic mass is 10.1. The standard InChI is InChI=1S/C16H20N2O/c1-12(2)8-9-19-15-10-17-16(18-11-15)14-6-4-13(3)5-7-14/h4-7,10-12H,8-9H2,1-3H3. The summed E-state index contributed by atoms with van der Waals surface area (Å²) in [5.41, 5.74) is 2.26. The van der Waals surface area contributed by atoms with E-state index in [0.29, 0.717) is 12.5 Å². The molecule has 0 radical (unpaired) electrons. The Morgan fingerprint density at radius 1 is 1.05 bits per heavy atom. The summed E-state index contributed by atoms with van der Waals surface area (Å²) in [5, 5.41) is 0. The van der Waals surface area contributed by atoms with Crippen LogP contribution in [0.2, 0.25) is 0 Å². The number of aryl methyl sites for hydroxylation is 1. The van der Waals surface area contributed by atoms with Crippen LogP contribution in [-0.4, -0.2) is 16.6 Å². The minimum absolute atomic E-state index is 0.646. The van der Waals surface area contributed by atoms with Crippen molar-refractivity contribution in [2.75, 3.05) is 6.61 Å². The van der Waals surface area contributed by atoms with Gasteiger partial charge in [0.05, 0.1) is 19.0 Å². The Hall–Kier alpha value is -1.90. The van der Waals surface area contributed by atoms with E-state index in [-0.39, 0.29) is 0 Å². The first-order valence-electron chi connectivity index (χ1n) is 6.67. The molecule has 2 aromatic rings. The van der Waals surface area contributed by atoms with Crippen LogP contribution in [0.4, 0.5) is 0 Å². The van der Waals surface area contributed by atoms with E-state index in [9.17, 15) is 0 Å². The lowest BCUT2D eigenvalue weighted by Gasteiger charge is -2.07. The van der Waals surface area contributed by atoms with Crippen molar-refractivity contribution in [1.29, 1.82) is 0 Å². The SMILES string of the molecule is Cc1ccc(-c2ncc(OCCC(C)C)cn2)cc1. The van der Waals surface area contributed by atoms with Crippen LogP contribution in [-0.2, 0) is 0 Å². The van der Waals surface area contributed by atoms with Crippen LogP contribution < -0.4 is 4.74 Å². The number of ether oxygens (including phenoxy) is 1. The van der Waals surface area contributed by atoms with Gasteiger partial charge in [0.25, 0.3) is 0 Å². The highest BCUT2D eigenvalue weighted by molar-refractivity contribution is 5.55. The molecular weight excluding hydrogens is 236 g/mol. The second-order valence-corrected chi connectivity index (χ2v) is 5.14. The summed E-state index contributed by atoms with van der Waals surface area (Å²) in [6.07, 6.45) is 4.52. The third kappa shape index (κ3) is 4.05. The average molecular weight is 256 g/mol. The van der Waals surface area contributed by atoms with Gasteiger partial charge in [-0.05, 0) is 19.3 Å². The van der Waals surface area contributed by atoms with Crippen LogP contribution >= 0.6 is 0 Å². The predicted octanol–water partition coefficient (Wildman–Crippen LogP) is 3.88. The number of nitrogens with zero attached hydrogens (tertiary/aromatic N) is 2. The van der Waals surface area contributed by atoms with Gasteiger partial charge in [-0.2, -0.15) is 0 Å². The van der Waals surface area contributed by atoms with E-state index in [1.54, 1.807) is 12.4 Å². The molecule has 0 saturated heterocycles. The molecule has 1 aromatic carbocycles. The third-order valence-corrected chi connectivity index (χ3v) is 2.90. The fourth-order valence-corrected chi connectivity index (χ4v) is 1.65. The summed E-state index contributed by atoms with van der Waals surface area (Å²) in [5.74, 6) is 2.11. The second kappa shape index (κ2) is 6.32. The molecule has 0 unspecified atom stereocenters. The molecule has 0 aliphatic heterocycles. The first-order chi connectivity index (χ1) is 9.15. The lowest BCUT2D eigenvalue weighted by molar-refractivity contribution is 0.287. The second-order valence-electron chi connectivity index (χ2n) is 5.14. The molecule has 0 aliphatic rings. The van der Waals surface area contributed by atoms with Gasteiger partial charge >= 0.3 is 0 Å². The molecule has 19 heavy (non-hydrogen) atoms. The van der Waals surface area contributed by atoms with Crippen molar-refractivity contribution in [3.63, 3.8) is 0 Å². The summed E-state index contributed by atoms with van der Waals surface area (Å²) >= 11 is 0. The van der Waals surface area contributed by atoms with E-state index >= 15 is 0 Å². The molecule has 0 atom stereocenters. The number of benzene rings is 1. The number of hydrogen-bond donors (Lipinski definition) is 0. The van der Waals surface area contributed by atoms with E-state index in [0.717, 1.165) is 23.6 Å². The Morgan fingerprint density at radius 3 is 2.26 bits per heavy atom. The van der Waals surface area contributed by atoms with Crippen LogP contribution in [0.25, 0.3) is 11.4 Å². The summed E-state index contributed by atoms with van der Waals surface area (Å²) < 4.78 is 5.60. The minimum Gasteiger partial charge on any atom is -0.490 e. The van der Waals surface area contributed by atoms with E-state index in [1.165, 1.54) is 5.56 Å². The largest absolute Gasteiger partial charge is 0.490 e. The van der Waals surface area contributed by atoms with Crippen LogP contribution in [0.5, 0.6) is 5.75 Å². The van der Waals surface area contributed by atoms with E-state index in [4.69, 9.17) is 4.74 Å². The van der Waals surface area contributed by atoms with Crippen molar-refractivity contribution < 1.29 is 4.74 Å². The monoisotopic (exact) mass is 256 g/mol. The highest BCUT2D eigenvalue weighted by Crippen LogP contribution is 2.17. The van der Waals surface area contributed by atoms with Gasteiger partial charge in [-0.1, -0.05) is 43.7 Å².